The molecule has 0 atom stereocenters. The molecule has 0 fully saturated rings. The summed E-state index contributed by atoms with van der Waals surface area (Å²) in [5.74, 6) is -2.09. The monoisotopic (exact) mass is 389 g/mol. The van der Waals surface area contributed by atoms with Crippen LogP contribution in [0.25, 0.3) is 0 Å². The lowest BCUT2D eigenvalue weighted by atomic mass is 9.95. The molecule has 2 aromatic heterocycles. The van der Waals surface area contributed by atoms with Gasteiger partial charge in [-0.2, -0.15) is 0 Å². The van der Waals surface area contributed by atoms with Gasteiger partial charge < -0.3 is 20.8 Å². The topological polar surface area (TPSA) is 131 Å². The van der Waals surface area contributed by atoms with Crippen LogP contribution in [0.1, 0.15) is 61.4 Å². The highest BCUT2D eigenvalue weighted by Gasteiger charge is 2.25. The molecule has 3 rings (SSSR count). The predicted octanol–water partition coefficient (Wildman–Crippen LogP) is 2.05. The van der Waals surface area contributed by atoms with E-state index in [4.69, 9.17) is 10.5 Å². The first-order valence-electron chi connectivity index (χ1n) is 8.47. The van der Waals surface area contributed by atoms with Crippen molar-refractivity contribution in [2.45, 2.75) is 32.6 Å². The molecule has 4 N–H and O–H groups in total. The maximum absolute atomic E-state index is 12.2. The van der Waals surface area contributed by atoms with Gasteiger partial charge in [-0.25, -0.2) is 4.79 Å². The Kier molecular flexibility index (Phi) is 5.41. The molecular formula is C18H19N3O5S. The SMILES string of the molecule is CC(=O)c1c[nH]c(C(=O)OCC(=O)Nc2sc3c(c2C(N)=O)CCCC3)c1. The van der Waals surface area contributed by atoms with Crippen molar-refractivity contribution in [1.82, 2.24) is 4.98 Å². The molecule has 0 aromatic carbocycles. The van der Waals surface area contributed by atoms with Crippen LogP contribution in [0, 0.1) is 0 Å². The van der Waals surface area contributed by atoms with E-state index in [9.17, 15) is 19.2 Å². The number of hydrogen-bond donors (Lipinski definition) is 3. The molecule has 9 heteroatoms. The number of amides is 2. The van der Waals surface area contributed by atoms with Crippen LogP contribution in [0.5, 0.6) is 0 Å². The highest BCUT2D eigenvalue weighted by atomic mass is 32.1. The van der Waals surface area contributed by atoms with E-state index < -0.39 is 24.4 Å². The standard InChI is InChI=1S/C18H19N3O5S/c1-9(22)10-6-12(20-7-10)18(25)26-8-14(23)21-17-15(16(19)24)11-4-2-3-5-13(11)27-17/h6-7,20H,2-5,8H2,1H3,(H2,19,24)(H,21,23). The Morgan fingerprint density at radius 1 is 1.26 bits per heavy atom. The van der Waals surface area contributed by atoms with E-state index in [0.717, 1.165) is 36.1 Å². The first-order valence-corrected chi connectivity index (χ1v) is 9.29. The van der Waals surface area contributed by atoms with E-state index >= 15 is 0 Å². The van der Waals surface area contributed by atoms with E-state index in [1.54, 1.807) is 0 Å². The van der Waals surface area contributed by atoms with Crippen molar-refractivity contribution in [1.29, 1.82) is 0 Å². The number of esters is 1. The number of anilines is 1. The van der Waals surface area contributed by atoms with Gasteiger partial charge in [-0.3, -0.25) is 14.4 Å². The number of primary amides is 1. The molecule has 0 unspecified atom stereocenters. The Bertz CT molecular complexity index is 928. The largest absolute Gasteiger partial charge is 0.451 e. The summed E-state index contributed by atoms with van der Waals surface area (Å²) in [5, 5.41) is 3.01. The zero-order valence-corrected chi connectivity index (χ0v) is 15.5. The summed E-state index contributed by atoms with van der Waals surface area (Å²) in [5.41, 5.74) is 7.18. The van der Waals surface area contributed by atoms with E-state index in [1.807, 2.05) is 0 Å². The molecule has 2 heterocycles. The van der Waals surface area contributed by atoms with E-state index in [2.05, 4.69) is 10.3 Å². The van der Waals surface area contributed by atoms with Crippen molar-refractivity contribution < 1.29 is 23.9 Å². The summed E-state index contributed by atoms with van der Waals surface area (Å²) >= 11 is 1.34. The zero-order valence-electron chi connectivity index (χ0n) is 14.7. The first-order chi connectivity index (χ1) is 12.9. The highest BCUT2D eigenvalue weighted by Crippen LogP contribution is 2.37. The van der Waals surface area contributed by atoms with Crippen molar-refractivity contribution in [3.63, 3.8) is 0 Å². The average molecular weight is 389 g/mol. The number of aromatic nitrogens is 1. The Morgan fingerprint density at radius 2 is 2.00 bits per heavy atom. The molecule has 2 aromatic rings. The van der Waals surface area contributed by atoms with Gasteiger partial charge in [0.1, 0.15) is 10.7 Å². The number of nitrogens with two attached hydrogens (primary N) is 1. The van der Waals surface area contributed by atoms with Gasteiger partial charge in [0.15, 0.2) is 12.4 Å². The molecule has 0 radical (unpaired) electrons. The highest BCUT2D eigenvalue weighted by molar-refractivity contribution is 7.17. The van der Waals surface area contributed by atoms with Crippen LogP contribution < -0.4 is 11.1 Å². The molecule has 0 spiro atoms. The van der Waals surface area contributed by atoms with Crippen molar-refractivity contribution in [2.75, 3.05) is 11.9 Å². The van der Waals surface area contributed by atoms with Gasteiger partial charge >= 0.3 is 5.97 Å². The molecule has 1 aliphatic carbocycles. The average Bonchev–Trinajstić information content (AvgIpc) is 3.24. The minimum absolute atomic E-state index is 0.0809. The number of carbonyl (C=O) groups excluding carboxylic acids is 4. The summed E-state index contributed by atoms with van der Waals surface area (Å²) in [6.07, 6.45) is 5.04. The maximum Gasteiger partial charge on any atom is 0.355 e. The molecule has 1 aliphatic rings. The second kappa shape index (κ2) is 7.75. The number of ether oxygens (including phenoxy) is 1. The number of aromatic amines is 1. The predicted molar refractivity (Wildman–Crippen MR) is 99.2 cm³/mol. The third-order valence-electron chi connectivity index (χ3n) is 4.31. The minimum Gasteiger partial charge on any atom is -0.451 e. The van der Waals surface area contributed by atoms with E-state index in [1.165, 1.54) is 30.5 Å². The number of nitrogens with one attached hydrogen (secondary N) is 2. The van der Waals surface area contributed by atoms with Crippen LogP contribution in [0.4, 0.5) is 5.00 Å². The fourth-order valence-electron chi connectivity index (χ4n) is 3.00. The molecular weight excluding hydrogens is 370 g/mol. The van der Waals surface area contributed by atoms with Gasteiger partial charge in [0, 0.05) is 16.6 Å². The normalized spacial score (nSPS) is 12.9. The van der Waals surface area contributed by atoms with Crippen molar-refractivity contribution in [3.8, 4) is 0 Å². The summed E-state index contributed by atoms with van der Waals surface area (Å²) in [4.78, 5) is 50.9. The minimum atomic E-state index is -0.752. The summed E-state index contributed by atoms with van der Waals surface area (Å²) in [7, 11) is 0. The number of ketones is 1. The van der Waals surface area contributed by atoms with Gasteiger partial charge in [0.2, 0.25) is 0 Å². The fourth-order valence-corrected chi connectivity index (χ4v) is 4.31. The van der Waals surface area contributed by atoms with Crippen LogP contribution >= 0.6 is 11.3 Å². The quantitative estimate of drug-likeness (QED) is 0.514. The molecule has 8 nitrogen and oxygen atoms in total. The lowest BCUT2D eigenvalue weighted by Crippen LogP contribution is -2.23. The lowest BCUT2D eigenvalue weighted by Gasteiger charge is -2.11. The number of hydrogen-bond acceptors (Lipinski definition) is 6. The Balaban J connectivity index is 1.64. The molecule has 2 amide bonds. The number of thiophene rings is 1. The summed E-state index contributed by atoms with van der Waals surface area (Å²) in [6.45, 7) is 0.858. The zero-order chi connectivity index (χ0) is 19.6. The van der Waals surface area contributed by atoms with Crippen LogP contribution in [-0.2, 0) is 22.4 Å². The number of H-pyrrole nitrogens is 1. The summed E-state index contributed by atoms with van der Waals surface area (Å²) < 4.78 is 4.95. The Hall–Kier alpha value is -2.94. The van der Waals surface area contributed by atoms with Crippen molar-refractivity contribution in [2.24, 2.45) is 5.73 Å². The van der Waals surface area contributed by atoms with Crippen LogP contribution in [0.3, 0.4) is 0 Å². The molecule has 0 aliphatic heterocycles. The number of carbonyl (C=O) groups is 4. The Labute approximate surface area is 159 Å². The number of fused-ring (bicyclic) bond motifs is 1. The van der Waals surface area contributed by atoms with Gasteiger partial charge in [-0.15, -0.1) is 11.3 Å². The van der Waals surface area contributed by atoms with Crippen LogP contribution in [0.15, 0.2) is 12.3 Å². The number of Topliss-reactive ketones (excluding diaryl/α,β-unsaturated/α-hetero) is 1. The van der Waals surface area contributed by atoms with Crippen LogP contribution in [0.2, 0.25) is 0 Å². The van der Waals surface area contributed by atoms with Gasteiger partial charge in [0.25, 0.3) is 11.8 Å². The number of rotatable bonds is 6. The summed E-state index contributed by atoms with van der Waals surface area (Å²) in [6, 6.07) is 1.36. The maximum atomic E-state index is 12.2. The molecule has 0 saturated heterocycles. The second-order valence-electron chi connectivity index (χ2n) is 6.26. The molecule has 142 valence electrons. The van der Waals surface area contributed by atoms with Crippen LogP contribution in [-0.4, -0.2) is 35.2 Å². The Morgan fingerprint density at radius 3 is 2.67 bits per heavy atom. The molecule has 0 bridgehead atoms. The van der Waals surface area contributed by atoms with Crippen molar-refractivity contribution >= 4 is 39.9 Å². The first kappa shape index (κ1) is 18.8. The van der Waals surface area contributed by atoms with Crippen molar-refractivity contribution in [3.05, 3.63) is 39.5 Å². The molecule has 27 heavy (non-hydrogen) atoms. The number of aryl methyl sites for hydroxylation is 1. The fraction of sp³-hybridized carbons (Fsp3) is 0.333. The van der Waals surface area contributed by atoms with E-state index in [0.29, 0.717) is 16.1 Å². The van der Waals surface area contributed by atoms with Gasteiger partial charge in [-0.1, -0.05) is 0 Å². The lowest BCUT2D eigenvalue weighted by molar-refractivity contribution is -0.119. The smallest absolute Gasteiger partial charge is 0.355 e. The third-order valence-corrected chi connectivity index (χ3v) is 5.52. The molecule has 0 saturated carbocycles. The van der Waals surface area contributed by atoms with Gasteiger partial charge in [-0.05, 0) is 44.2 Å². The van der Waals surface area contributed by atoms with Gasteiger partial charge in [0.05, 0.1) is 5.56 Å². The second-order valence-corrected chi connectivity index (χ2v) is 7.37. The van der Waals surface area contributed by atoms with E-state index in [-0.39, 0.29) is 11.5 Å². The third kappa shape index (κ3) is 4.08.